The molecule has 0 heterocycles. The van der Waals surface area contributed by atoms with Gasteiger partial charge in [-0.1, -0.05) is 6.92 Å². The minimum atomic E-state index is -0.813. The SMILES string of the molecule is CCC(=O)N(N)C(=O)NN. The van der Waals surface area contributed by atoms with Crippen LogP contribution in [0.4, 0.5) is 4.79 Å². The van der Waals surface area contributed by atoms with Gasteiger partial charge in [-0.25, -0.2) is 16.5 Å². The molecule has 0 rings (SSSR count). The molecule has 0 atom stereocenters. The first-order valence-corrected chi connectivity index (χ1v) is 2.71. The van der Waals surface area contributed by atoms with E-state index in [2.05, 4.69) is 0 Å². The van der Waals surface area contributed by atoms with E-state index in [1.54, 1.807) is 12.3 Å². The average Bonchev–Trinajstić information content (AvgIpc) is 2.00. The lowest BCUT2D eigenvalue weighted by Gasteiger charge is -2.11. The Labute approximate surface area is 58.1 Å². The van der Waals surface area contributed by atoms with Gasteiger partial charge in [-0.05, 0) is 0 Å². The van der Waals surface area contributed by atoms with Gasteiger partial charge >= 0.3 is 6.03 Å². The zero-order valence-corrected chi connectivity index (χ0v) is 5.63. The lowest BCUT2D eigenvalue weighted by Crippen LogP contribution is -2.50. The number of rotatable bonds is 1. The summed E-state index contributed by atoms with van der Waals surface area (Å²) in [5.41, 5.74) is 1.72. The smallest absolute Gasteiger partial charge is 0.274 e. The van der Waals surface area contributed by atoms with Gasteiger partial charge in [0.2, 0.25) is 5.91 Å². The Morgan fingerprint density at radius 3 is 2.40 bits per heavy atom. The summed E-state index contributed by atoms with van der Waals surface area (Å²) in [6.07, 6.45) is 0.171. The Kier molecular flexibility index (Phi) is 3.37. The normalized spacial score (nSPS) is 8.70. The van der Waals surface area contributed by atoms with Gasteiger partial charge < -0.3 is 0 Å². The molecule has 10 heavy (non-hydrogen) atoms. The highest BCUT2D eigenvalue weighted by Crippen LogP contribution is 1.85. The molecule has 6 nitrogen and oxygen atoms in total. The fourth-order valence-electron chi connectivity index (χ4n) is 0.353. The summed E-state index contributed by atoms with van der Waals surface area (Å²) < 4.78 is 0. The summed E-state index contributed by atoms with van der Waals surface area (Å²) >= 11 is 0. The molecule has 5 N–H and O–H groups in total. The second-order valence-electron chi connectivity index (χ2n) is 1.57. The molecule has 3 amide bonds. The third-order valence-electron chi connectivity index (χ3n) is 0.913. The van der Waals surface area contributed by atoms with Crippen molar-refractivity contribution in [2.45, 2.75) is 13.3 Å². The molecular formula is C4H10N4O2. The molecular weight excluding hydrogens is 136 g/mol. The molecule has 0 radical (unpaired) electrons. The molecule has 0 saturated heterocycles. The quantitative estimate of drug-likeness (QED) is 0.242. The summed E-state index contributed by atoms with van der Waals surface area (Å²) in [5.74, 6) is 9.18. The second-order valence-corrected chi connectivity index (χ2v) is 1.57. The lowest BCUT2D eigenvalue weighted by atomic mass is 10.4. The molecule has 0 fully saturated rings. The molecule has 0 aliphatic rings. The summed E-state index contributed by atoms with van der Waals surface area (Å²) in [6.45, 7) is 1.59. The first kappa shape index (κ1) is 8.86. The molecule has 0 aliphatic heterocycles. The predicted molar refractivity (Wildman–Crippen MR) is 34.0 cm³/mol. The van der Waals surface area contributed by atoms with Gasteiger partial charge in [0.1, 0.15) is 0 Å². The van der Waals surface area contributed by atoms with Gasteiger partial charge in [0.25, 0.3) is 0 Å². The number of hydrazine groups is 2. The number of nitrogens with one attached hydrogen (secondary N) is 1. The van der Waals surface area contributed by atoms with Crippen molar-refractivity contribution in [2.24, 2.45) is 11.7 Å². The van der Waals surface area contributed by atoms with E-state index in [9.17, 15) is 9.59 Å². The van der Waals surface area contributed by atoms with Crippen molar-refractivity contribution in [3.05, 3.63) is 0 Å². The number of hydrogen-bond donors (Lipinski definition) is 3. The lowest BCUT2D eigenvalue weighted by molar-refractivity contribution is -0.128. The topological polar surface area (TPSA) is 101 Å². The van der Waals surface area contributed by atoms with Crippen molar-refractivity contribution in [1.82, 2.24) is 10.4 Å². The maximum atomic E-state index is 10.6. The highest BCUT2D eigenvalue weighted by atomic mass is 16.2. The van der Waals surface area contributed by atoms with Gasteiger partial charge in [0, 0.05) is 6.42 Å². The molecule has 0 unspecified atom stereocenters. The fourth-order valence-corrected chi connectivity index (χ4v) is 0.353. The molecule has 0 aromatic rings. The number of urea groups is 1. The minimum absolute atomic E-state index is 0.171. The van der Waals surface area contributed by atoms with Crippen LogP contribution in [0.5, 0.6) is 0 Å². The van der Waals surface area contributed by atoms with Crippen molar-refractivity contribution in [2.75, 3.05) is 0 Å². The second kappa shape index (κ2) is 3.80. The summed E-state index contributed by atoms with van der Waals surface area (Å²) in [4.78, 5) is 21.1. The zero-order valence-electron chi connectivity index (χ0n) is 5.63. The number of nitrogens with zero attached hydrogens (tertiary/aromatic N) is 1. The van der Waals surface area contributed by atoms with Gasteiger partial charge in [-0.3, -0.25) is 10.2 Å². The van der Waals surface area contributed by atoms with Crippen LogP contribution in [0.3, 0.4) is 0 Å². The highest BCUT2D eigenvalue weighted by Gasteiger charge is 2.13. The van der Waals surface area contributed by atoms with Crippen LogP contribution in [-0.4, -0.2) is 16.9 Å². The minimum Gasteiger partial charge on any atom is -0.274 e. The van der Waals surface area contributed by atoms with Gasteiger partial charge in [0.05, 0.1) is 0 Å². The average molecular weight is 146 g/mol. The van der Waals surface area contributed by atoms with E-state index in [1.807, 2.05) is 0 Å². The van der Waals surface area contributed by atoms with E-state index in [1.165, 1.54) is 0 Å². The molecule has 0 saturated carbocycles. The Balaban J connectivity index is 3.94. The van der Waals surface area contributed by atoms with Crippen LogP contribution in [0.25, 0.3) is 0 Å². The molecule has 0 aromatic heterocycles. The van der Waals surface area contributed by atoms with Crippen molar-refractivity contribution in [1.29, 1.82) is 0 Å². The van der Waals surface area contributed by atoms with Crippen LogP contribution < -0.4 is 17.1 Å². The van der Waals surface area contributed by atoms with Crippen LogP contribution in [0, 0.1) is 0 Å². The van der Waals surface area contributed by atoms with Crippen molar-refractivity contribution < 1.29 is 9.59 Å². The maximum absolute atomic E-state index is 10.6. The van der Waals surface area contributed by atoms with Crippen molar-refractivity contribution >= 4 is 11.9 Å². The van der Waals surface area contributed by atoms with E-state index in [4.69, 9.17) is 11.7 Å². The summed E-state index contributed by atoms with van der Waals surface area (Å²) in [6, 6.07) is -0.813. The summed E-state index contributed by atoms with van der Waals surface area (Å²) in [5, 5.41) is 0.431. The summed E-state index contributed by atoms with van der Waals surface area (Å²) in [7, 11) is 0. The number of nitrogens with two attached hydrogens (primary N) is 2. The van der Waals surface area contributed by atoms with E-state index < -0.39 is 11.9 Å². The Hall–Kier alpha value is -1.14. The van der Waals surface area contributed by atoms with Crippen molar-refractivity contribution in [3.8, 4) is 0 Å². The Morgan fingerprint density at radius 2 is 2.10 bits per heavy atom. The Bertz CT molecular complexity index is 130. The van der Waals surface area contributed by atoms with Gasteiger partial charge in [-0.2, -0.15) is 5.01 Å². The first-order chi connectivity index (χ1) is 4.63. The van der Waals surface area contributed by atoms with Gasteiger partial charge in [0.15, 0.2) is 0 Å². The number of hydrogen-bond acceptors (Lipinski definition) is 4. The number of imide groups is 1. The highest BCUT2D eigenvalue weighted by molar-refractivity contribution is 5.93. The number of carbonyl (C=O) groups excluding carboxylic acids is 2. The molecule has 0 aliphatic carbocycles. The van der Waals surface area contributed by atoms with E-state index in [0.29, 0.717) is 5.01 Å². The molecule has 58 valence electrons. The molecule has 0 aromatic carbocycles. The number of carbonyl (C=O) groups is 2. The van der Waals surface area contributed by atoms with E-state index in [-0.39, 0.29) is 6.42 Å². The third kappa shape index (κ3) is 2.00. The maximum Gasteiger partial charge on any atom is 0.352 e. The van der Waals surface area contributed by atoms with Crippen LogP contribution in [0.1, 0.15) is 13.3 Å². The van der Waals surface area contributed by atoms with Crippen molar-refractivity contribution in [3.63, 3.8) is 0 Å². The van der Waals surface area contributed by atoms with E-state index in [0.717, 1.165) is 0 Å². The van der Waals surface area contributed by atoms with Crippen LogP contribution in [-0.2, 0) is 4.79 Å². The fraction of sp³-hybridized carbons (Fsp3) is 0.500. The largest absolute Gasteiger partial charge is 0.352 e. The van der Waals surface area contributed by atoms with Gasteiger partial charge in [-0.15, -0.1) is 0 Å². The predicted octanol–water partition coefficient (Wildman–Crippen LogP) is -1.32. The molecule has 6 heteroatoms. The standard InChI is InChI=1S/C4H10N4O2/c1-2-3(9)8(6)4(10)7-5/h2,5-6H2,1H3,(H,7,10). The number of amides is 3. The Morgan fingerprint density at radius 1 is 1.60 bits per heavy atom. The molecule has 0 spiro atoms. The van der Waals surface area contributed by atoms with Crippen LogP contribution in [0.2, 0.25) is 0 Å². The zero-order chi connectivity index (χ0) is 8.15. The van der Waals surface area contributed by atoms with Crippen LogP contribution >= 0.6 is 0 Å². The third-order valence-corrected chi connectivity index (χ3v) is 0.913. The monoisotopic (exact) mass is 146 g/mol. The van der Waals surface area contributed by atoms with E-state index >= 15 is 0 Å². The first-order valence-electron chi connectivity index (χ1n) is 2.71. The van der Waals surface area contributed by atoms with Crippen LogP contribution in [0.15, 0.2) is 0 Å². The molecule has 0 bridgehead atoms.